The highest BCUT2D eigenvalue weighted by atomic mass is 16.5. The van der Waals surface area contributed by atoms with Crippen molar-refractivity contribution in [2.75, 3.05) is 0 Å². The minimum Gasteiger partial charge on any atom is -0.459 e. The summed E-state index contributed by atoms with van der Waals surface area (Å²) >= 11 is 0. The first kappa shape index (κ1) is 24.5. The summed E-state index contributed by atoms with van der Waals surface area (Å²) in [5, 5.41) is 0. The number of ether oxygens (including phenoxy) is 1. The van der Waals surface area contributed by atoms with Crippen molar-refractivity contribution in [3.8, 4) is 0 Å². The van der Waals surface area contributed by atoms with E-state index >= 15 is 0 Å². The summed E-state index contributed by atoms with van der Waals surface area (Å²) in [5.74, 6) is 2.79. The van der Waals surface area contributed by atoms with Crippen molar-refractivity contribution in [3.63, 3.8) is 0 Å². The van der Waals surface area contributed by atoms with E-state index in [4.69, 9.17) is 7.48 Å². The molecule has 37 heavy (non-hydrogen) atoms. The second-order valence-electron chi connectivity index (χ2n) is 14.0. The zero-order valence-electron chi connectivity index (χ0n) is 26.3. The van der Waals surface area contributed by atoms with Gasteiger partial charge in [-0.2, -0.15) is 0 Å². The summed E-state index contributed by atoms with van der Waals surface area (Å²) in [6.07, 6.45) is 12.6. The van der Waals surface area contributed by atoms with Crippen LogP contribution in [0.4, 0.5) is 0 Å². The number of fused-ring (bicyclic) bond motifs is 5. The molecule has 0 aliphatic heterocycles. The van der Waals surface area contributed by atoms with E-state index in [2.05, 4.69) is 33.8 Å². The molecule has 0 radical (unpaired) electrons. The van der Waals surface area contributed by atoms with Gasteiger partial charge in [0.05, 0.1) is 6.93 Å². The van der Waals surface area contributed by atoms with E-state index in [9.17, 15) is 4.79 Å². The van der Waals surface area contributed by atoms with E-state index in [0.29, 0.717) is 34.7 Å². The lowest BCUT2D eigenvalue weighted by atomic mass is 9.46. The van der Waals surface area contributed by atoms with Gasteiger partial charge in [0.25, 0.3) is 0 Å². The summed E-state index contributed by atoms with van der Waals surface area (Å²) in [4.78, 5) is 12.8. The van der Waals surface area contributed by atoms with Gasteiger partial charge in [0.15, 0.2) is 0 Å². The third kappa shape index (κ3) is 4.96. The van der Waals surface area contributed by atoms with Gasteiger partial charge < -0.3 is 4.74 Å². The van der Waals surface area contributed by atoms with E-state index in [1.165, 1.54) is 38.5 Å². The minimum atomic E-state index is -1.20. The number of esters is 1. The molecule has 0 bridgehead atoms. The molecule has 0 saturated heterocycles. The van der Waals surface area contributed by atoms with Crippen molar-refractivity contribution >= 4 is 5.97 Å². The predicted molar refractivity (Wildman–Crippen MR) is 153 cm³/mol. The third-order valence-electron chi connectivity index (χ3n) is 11.7. The average Bonchev–Trinajstić information content (AvgIpc) is 3.25. The zero-order chi connectivity index (χ0) is 28.2. The van der Waals surface area contributed by atoms with Crippen molar-refractivity contribution in [1.29, 1.82) is 0 Å². The molecule has 0 aromatic heterocycles. The highest BCUT2D eigenvalue weighted by Crippen LogP contribution is 2.67. The molecule has 3 fully saturated rings. The number of carbonyl (C=O) groups is 1. The number of allylic oxidation sites excluding steroid dienone is 2. The average molecular weight is 507 g/mol. The minimum absolute atomic E-state index is 0.0650. The van der Waals surface area contributed by atoms with Crippen LogP contribution in [-0.4, -0.2) is 12.0 Å². The largest absolute Gasteiger partial charge is 0.459 e. The lowest BCUT2D eigenvalue weighted by Gasteiger charge is -2.58. The molecule has 4 aliphatic carbocycles. The predicted octanol–water partition coefficient (Wildman–Crippen LogP) is 9.50. The van der Waals surface area contributed by atoms with Gasteiger partial charge in [-0.25, -0.2) is 4.79 Å². The van der Waals surface area contributed by atoms with Gasteiger partial charge in [-0.15, -0.1) is 0 Å². The molecular formula is C35H52O2. The zero-order valence-corrected chi connectivity index (χ0v) is 24.3. The second-order valence-corrected chi connectivity index (χ2v) is 14.0. The Hall–Kier alpha value is -1.57. The van der Waals surface area contributed by atoms with Crippen LogP contribution in [0, 0.1) is 52.2 Å². The summed E-state index contributed by atoms with van der Waals surface area (Å²) in [6.45, 7) is 13.7. The molecule has 204 valence electrons. The van der Waals surface area contributed by atoms with Gasteiger partial charge in [-0.3, -0.25) is 0 Å². The molecule has 0 spiro atoms. The molecule has 1 unspecified atom stereocenters. The Morgan fingerprint density at radius 1 is 1.05 bits per heavy atom. The van der Waals surface area contributed by atoms with Gasteiger partial charge in [0.1, 0.15) is 6.08 Å². The Labute approximate surface area is 229 Å². The fourth-order valence-corrected chi connectivity index (χ4v) is 9.42. The molecule has 0 N–H and O–H groups in total. The van der Waals surface area contributed by atoms with Gasteiger partial charge in [-0.1, -0.05) is 71.4 Å². The van der Waals surface area contributed by atoms with Crippen LogP contribution in [0.5, 0.6) is 0 Å². The second kappa shape index (κ2) is 10.5. The number of benzene rings is 1. The first-order chi connectivity index (χ1) is 18.3. The topological polar surface area (TPSA) is 26.3 Å². The van der Waals surface area contributed by atoms with Crippen LogP contribution >= 0.6 is 0 Å². The molecule has 0 amide bonds. The van der Waals surface area contributed by atoms with E-state index in [1.807, 2.05) is 32.0 Å². The van der Waals surface area contributed by atoms with E-state index in [-0.39, 0.29) is 17.8 Å². The maximum Gasteiger partial charge on any atom is 0.338 e. The first-order valence-corrected chi connectivity index (χ1v) is 15.3. The Morgan fingerprint density at radius 2 is 1.81 bits per heavy atom. The summed E-state index contributed by atoms with van der Waals surface area (Å²) < 4.78 is 23.7. The Balaban J connectivity index is 1.26. The summed E-state index contributed by atoms with van der Waals surface area (Å²) in [7, 11) is 0. The molecule has 1 aromatic rings. The van der Waals surface area contributed by atoms with Crippen molar-refractivity contribution in [3.05, 3.63) is 47.5 Å². The van der Waals surface area contributed by atoms with E-state index in [0.717, 1.165) is 37.0 Å². The Kier molecular flexibility index (Phi) is 6.97. The molecular weight excluding hydrogens is 452 g/mol. The van der Waals surface area contributed by atoms with Gasteiger partial charge in [0.2, 0.25) is 0 Å². The van der Waals surface area contributed by atoms with Crippen LogP contribution in [0.25, 0.3) is 0 Å². The van der Waals surface area contributed by atoms with E-state index < -0.39 is 6.08 Å². The Morgan fingerprint density at radius 3 is 2.54 bits per heavy atom. The van der Waals surface area contributed by atoms with Crippen LogP contribution in [0.1, 0.15) is 119 Å². The monoisotopic (exact) mass is 506 g/mol. The molecule has 2 nitrogen and oxygen atoms in total. The van der Waals surface area contributed by atoms with Gasteiger partial charge >= 0.3 is 5.97 Å². The number of rotatable bonds is 7. The molecule has 2 heteroatoms. The fourth-order valence-electron chi connectivity index (χ4n) is 9.42. The number of carbonyl (C=O) groups excluding carboxylic acids is 1. The first-order valence-electron chi connectivity index (χ1n) is 16.3. The van der Waals surface area contributed by atoms with Crippen LogP contribution < -0.4 is 0 Å². The molecule has 5 rings (SSSR count). The normalized spacial score (nSPS) is 42.3. The van der Waals surface area contributed by atoms with Crippen LogP contribution in [-0.2, 0) is 4.74 Å². The van der Waals surface area contributed by atoms with Crippen molar-refractivity contribution in [1.82, 2.24) is 0 Å². The fraction of sp³-hybridized carbons (Fsp3) is 0.743. The SMILES string of the molecule is [2H]C(CC[C@@H](C)[C@H]1CC[C@H]2[C@@H]3CC=C4C[C@]([2H])(C)CC[C@]4(C)[C@H]3CC[C@]12C)(OC(=O)c1ccccc1)C(C)C. The lowest BCUT2D eigenvalue weighted by molar-refractivity contribution is -0.0534. The number of hydrogen-bond donors (Lipinski definition) is 0. The summed E-state index contributed by atoms with van der Waals surface area (Å²) in [6, 6.07) is 9.11. The van der Waals surface area contributed by atoms with Gasteiger partial charge in [0, 0.05) is 1.37 Å². The maximum absolute atomic E-state index is 12.8. The van der Waals surface area contributed by atoms with Crippen LogP contribution in [0.3, 0.4) is 0 Å². The highest BCUT2D eigenvalue weighted by Gasteiger charge is 2.59. The molecule has 4 aliphatic rings. The standard InChI is InChI=1S/C35H52O2/c1-23(2)32(37-33(36)26-10-8-7-9-11-26)17-12-25(4)29-15-16-30-28-14-13-27-22-24(3)18-20-34(27,5)31(28)19-21-35(29,30)6/h7-11,13,23-25,28-32H,12,14-22H2,1-6H3/t24-,25-,28+,29-,30+,31+,32?,34+,35-/m1/s1/i24D,32D. The molecule has 0 heterocycles. The lowest BCUT2D eigenvalue weighted by Crippen LogP contribution is -2.50. The van der Waals surface area contributed by atoms with Crippen LogP contribution in [0.15, 0.2) is 42.0 Å². The molecule has 3 saturated carbocycles. The quantitative estimate of drug-likeness (QED) is 0.272. The van der Waals surface area contributed by atoms with Crippen molar-refractivity contribution < 1.29 is 12.3 Å². The molecule has 1 aromatic carbocycles. The van der Waals surface area contributed by atoms with Crippen LogP contribution in [0.2, 0.25) is 0 Å². The smallest absolute Gasteiger partial charge is 0.338 e. The maximum atomic E-state index is 12.8. The van der Waals surface area contributed by atoms with Crippen molar-refractivity contribution in [2.45, 2.75) is 112 Å². The highest BCUT2D eigenvalue weighted by molar-refractivity contribution is 5.89. The number of hydrogen-bond acceptors (Lipinski definition) is 2. The van der Waals surface area contributed by atoms with E-state index in [1.54, 1.807) is 17.7 Å². The Bertz CT molecular complexity index is 1080. The molecule has 9 atom stereocenters. The summed E-state index contributed by atoms with van der Waals surface area (Å²) in [5.41, 5.74) is 2.79. The van der Waals surface area contributed by atoms with Crippen molar-refractivity contribution in [2.24, 2.45) is 52.2 Å². The third-order valence-corrected chi connectivity index (χ3v) is 11.7. The van der Waals surface area contributed by atoms with Gasteiger partial charge in [-0.05, 0) is 129 Å².